The van der Waals surface area contributed by atoms with Crippen LogP contribution in [0, 0.1) is 11.7 Å². The quantitative estimate of drug-likeness (QED) is 0.273. The largest absolute Gasteiger partial charge is 0.494 e. The normalized spacial score (nSPS) is 23.9. The van der Waals surface area contributed by atoms with Crippen LogP contribution in [-0.4, -0.2) is 65.3 Å². The Kier molecular flexibility index (Phi) is 8.47. The first kappa shape index (κ1) is 31.2. The van der Waals surface area contributed by atoms with E-state index in [-0.39, 0.29) is 24.1 Å². The third-order valence-electron chi connectivity index (χ3n) is 9.04. The lowest BCUT2D eigenvalue weighted by molar-refractivity contribution is -0.136. The van der Waals surface area contributed by atoms with Gasteiger partial charge in [-0.05, 0) is 98.4 Å². The third-order valence-corrected chi connectivity index (χ3v) is 9.04. The van der Waals surface area contributed by atoms with Gasteiger partial charge >= 0.3 is 0 Å². The number of allylic oxidation sites excluding steroid dienone is 1. The lowest BCUT2D eigenvalue weighted by Crippen LogP contribution is -2.45. The van der Waals surface area contributed by atoms with Gasteiger partial charge in [0.25, 0.3) is 17.7 Å². The molecular weight excluding hydrogens is 615 g/mol. The van der Waals surface area contributed by atoms with E-state index in [1.807, 2.05) is 62.4 Å². The fourth-order valence-electron chi connectivity index (χ4n) is 6.93. The predicted molar refractivity (Wildman–Crippen MR) is 176 cm³/mol. The summed E-state index contributed by atoms with van der Waals surface area (Å²) in [5, 5.41) is 15.8. The van der Waals surface area contributed by atoms with Crippen LogP contribution in [0.15, 0.2) is 93.8 Å². The lowest BCUT2D eigenvalue weighted by Gasteiger charge is -2.30. The smallest absolute Gasteiger partial charge is 0.264 e. The van der Waals surface area contributed by atoms with E-state index in [2.05, 4.69) is 16.4 Å². The molecule has 4 atom stereocenters. The Balaban J connectivity index is 1.18. The van der Waals surface area contributed by atoms with Gasteiger partial charge < -0.3 is 9.47 Å². The van der Waals surface area contributed by atoms with Crippen molar-refractivity contribution in [1.82, 2.24) is 10.0 Å². The molecule has 48 heavy (non-hydrogen) atoms. The molecule has 1 saturated heterocycles. The molecule has 3 heterocycles. The third kappa shape index (κ3) is 5.71. The number of benzene rings is 3. The highest BCUT2D eigenvalue weighted by molar-refractivity contribution is 6.25. The number of fused-ring (bicyclic) bond motifs is 2. The summed E-state index contributed by atoms with van der Waals surface area (Å²) in [5.74, 6) is -0.717. The van der Waals surface area contributed by atoms with Gasteiger partial charge in [0.05, 0.1) is 30.7 Å². The number of ether oxygens (including phenoxy) is 2. The maximum Gasteiger partial charge on any atom is 0.264 e. The van der Waals surface area contributed by atoms with E-state index in [1.165, 1.54) is 28.2 Å². The van der Waals surface area contributed by atoms with E-state index in [0.29, 0.717) is 13.2 Å². The zero-order valence-electron chi connectivity index (χ0n) is 26.7. The first-order chi connectivity index (χ1) is 23.4. The van der Waals surface area contributed by atoms with E-state index in [0.717, 1.165) is 64.1 Å². The molecule has 1 saturated carbocycles. The van der Waals surface area contributed by atoms with E-state index in [1.54, 1.807) is 0 Å². The molecule has 0 spiro atoms. The van der Waals surface area contributed by atoms with Crippen LogP contribution in [0.2, 0.25) is 0 Å². The van der Waals surface area contributed by atoms with E-state index < -0.39 is 35.8 Å². The van der Waals surface area contributed by atoms with Crippen LogP contribution in [-0.2, 0) is 14.4 Å². The Morgan fingerprint density at radius 3 is 2.33 bits per heavy atom. The molecule has 0 N–H and O–H groups in total. The number of carbonyl (C=O) groups excluding carboxylic acids is 3. The van der Waals surface area contributed by atoms with Crippen molar-refractivity contribution in [2.24, 2.45) is 21.4 Å². The van der Waals surface area contributed by atoms with Crippen LogP contribution >= 0.6 is 0 Å². The molecule has 4 aliphatic rings. The number of nitrogens with zero attached hydrogens (tertiary/aromatic N) is 6. The number of rotatable bonds is 9. The highest BCUT2D eigenvalue weighted by Crippen LogP contribution is 2.45. The summed E-state index contributed by atoms with van der Waals surface area (Å²) in [6.45, 7) is 4.67. The Hall–Kier alpha value is -5.39. The van der Waals surface area contributed by atoms with Gasteiger partial charge in [-0.2, -0.15) is 10.2 Å². The zero-order valence-corrected chi connectivity index (χ0v) is 26.7. The predicted octanol–water partition coefficient (Wildman–Crippen LogP) is 5.74. The summed E-state index contributed by atoms with van der Waals surface area (Å²) in [5.41, 5.74) is 3.94. The van der Waals surface area contributed by atoms with E-state index >= 15 is 0 Å². The fraction of sp³-hybridized carbons (Fsp3) is 0.333. The minimum absolute atomic E-state index is 0.0549. The molecule has 11 nitrogen and oxygen atoms in total. The summed E-state index contributed by atoms with van der Waals surface area (Å²) < 4.78 is 25.2. The van der Waals surface area contributed by atoms with Gasteiger partial charge in [0.15, 0.2) is 12.1 Å². The summed E-state index contributed by atoms with van der Waals surface area (Å²) in [7, 11) is 0. The van der Waals surface area contributed by atoms with Crippen LogP contribution in [0.3, 0.4) is 0 Å². The van der Waals surface area contributed by atoms with Crippen molar-refractivity contribution in [3.63, 3.8) is 0 Å². The topological polar surface area (TPSA) is 116 Å². The van der Waals surface area contributed by atoms with Crippen LogP contribution in [0.1, 0.15) is 50.3 Å². The van der Waals surface area contributed by atoms with Gasteiger partial charge in [-0.25, -0.2) is 14.3 Å². The highest BCUT2D eigenvalue weighted by Gasteiger charge is 2.55. The number of hydrogen-bond acceptors (Lipinski definition) is 9. The molecule has 12 heteroatoms. The summed E-state index contributed by atoms with van der Waals surface area (Å²) in [6.07, 6.45) is 4.70. The van der Waals surface area contributed by atoms with Gasteiger partial charge in [-0.15, -0.1) is 0 Å². The summed E-state index contributed by atoms with van der Waals surface area (Å²) >= 11 is 0. The second-order valence-electron chi connectivity index (χ2n) is 12.0. The molecule has 3 aromatic carbocycles. The van der Waals surface area contributed by atoms with Gasteiger partial charge in [0, 0.05) is 5.92 Å². The molecule has 0 aromatic heterocycles. The average Bonchev–Trinajstić information content (AvgIpc) is 3.75. The number of anilines is 1. The van der Waals surface area contributed by atoms with Crippen molar-refractivity contribution in [3.8, 4) is 11.5 Å². The molecule has 3 amide bonds. The maximum atomic E-state index is 14.2. The van der Waals surface area contributed by atoms with Crippen molar-refractivity contribution in [1.29, 1.82) is 0 Å². The van der Waals surface area contributed by atoms with Crippen LogP contribution < -0.4 is 14.4 Å². The summed E-state index contributed by atoms with van der Waals surface area (Å²) in [4.78, 5) is 41.8. The van der Waals surface area contributed by atoms with E-state index in [4.69, 9.17) is 14.6 Å². The standard InChI is InChI=1S/C36H35FN6O5/c1-3-47-27-15-11-22(12-16-27)19-24-7-5-10-29-31(24)39-43(33(29)23-13-17-28(18-14-23)48-4-2)30(44)21-41-34-32(38-40-41)35(45)42(36(34)46)26-9-6-8-25(37)20-26/h6,8-9,11-20,29,32-34H,3-5,7,10,21H2,1-2H3/b24-19+/t29-,32+,33-,34-/m1/s1. The Morgan fingerprint density at radius 2 is 1.65 bits per heavy atom. The monoisotopic (exact) mass is 650 g/mol. The number of hydrogen-bond donors (Lipinski definition) is 0. The molecule has 0 radical (unpaired) electrons. The first-order valence-corrected chi connectivity index (χ1v) is 16.2. The second kappa shape index (κ2) is 13.0. The number of imide groups is 1. The van der Waals surface area contributed by atoms with Crippen molar-refractivity contribution >= 4 is 35.2 Å². The number of hydrazone groups is 1. The second-order valence-corrected chi connectivity index (χ2v) is 12.0. The Bertz CT molecular complexity index is 1820. The van der Waals surface area contributed by atoms with Crippen LogP contribution in [0.5, 0.6) is 11.5 Å². The van der Waals surface area contributed by atoms with Gasteiger partial charge in [0.1, 0.15) is 23.9 Å². The summed E-state index contributed by atoms with van der Waals surface area (Å²) in [6, 6.07) is 18.2. The number of amides is 3. The zero-order chi connectivity index (χ0) is 33.4. The first-order valence-electron chi connectivity index (χ1n) is 16.2. The number of carbonyl (C=O) groups is 3. The van der Waals surface area contributed by atoms with Gasteiger partial charge in [-0.1, -0.05) is 35.6 Å². The van der Waals surface area contributed by atoms with Crippen LogP contribution in [0.25, 0.3) is 6.08 Å². The molecule has 246 valence electrons. The van der Waals surface area contributed by atoms with Crippen molar-refractivity contribution in [3.05, 3.63) is 95.3 Å². The average molecular weight is 651 g/mol. The van der Waals surface area contributed by atoms with E-state index in [9.17, 15) is 18.8 Å². The van der Waals surface area contributed by atoms with Crippen molar-refractivity contribution < 1.29 is 28.2 Å². The minimum Gasteiger partial charge on any atom is -0.494 e. The molecule has 2 fully saturated rings. The SMILES string of the molecule is CCOc1ccc(/C=C2\CCC[C@@H]3C2=NN(C(=O)CN2N=N[C@@H]4C(=O)N(c5cccc(F)c5)C(=O)[C@@H]42)[C@@H]3c2ccc(OCC)cc2)cc1. The molecule has 3 aliphatic heterocycles. The van der Waals surface area contributed by atoms with Crippen LogP contribution in [0.4, 0.5) is 10.1 Å². The lowest BCUT2D eigenvalue weighted by atomic mass is 9.77. The molecule has 3 aromatic rings. The van der Waals surface area contributed by atoms with Gasteiger partial charge in [-0.3, -0.25) is 19.4 Å². The molecule has 0 bridgehead atoms. The molecule has 1 aliphatic carbocycles. The van der Waals surface area contributed by atoms with Crippen molar-refractivity contribution in [2.75, 3.05) is 24.7 Å². The molecule has 0 unspecified atom stereocenters. The maximum absolute atomic E-state index is 14.2. The van der Waals surface area contributed by atoms with Crippen molar-refractivity contribution in [2.45, 2.75) is 51.2 Å². The molecule has 7 rings (SSSR count). The number of halogens is 1. The highest BCUT2D eigenvalue weighted by atomic mass is 19.1. The Labute approximate surface area is 277 Å². The fourth-order valence-corrected chi connectivity index (χ4v) is 6.93. The Morgan fingerprint density at radius 1 is 0.938 bits per heavy atom. The minimum atomic E-state index is -1.12. The molecular formula is C36H35FN6O5. The van der Waals surface area contributed by atoms with Gasteiger partial charge in [0.2, 0.25) is 0 Å².